The number of nitrogens with zero attached hydrogens (tertiary/aromatic N) is 3. The normalized spacial score (nSPS) is 15.3. The second kappa shape index (κ2) is 8.99. The van der Waals surface area contributed by atoms with Crippen molar-refractivity contribution in [3.8, 4) is 0 Å². The van der Waals surface area contributed by atoms with Gasteiger partial charge < -0.3 is 4.90 Å². The van der Waals surface area contributed by atoms with Crippen molar-refractivity contribution in [2.45, 2.75) is 18.2 Å². The number of halogens is 5. The lowest BCUT2D eigenvalue weighted by Gasteiger charge is -2.33. The fraction of sp³-hybridized carbons (Fsp3) is 0.286. The van der Waals surface area contributed by atoms with Gasteiger partial charge in [-0.25, -0.2) is 35.4 Å². The monoisotopic (exact) mass is 503 g/mol. The number of piperazine rings is 1. The molecule has 3 aromatic rings. The summed E-state index contributed by atoms with van der Waals surface area (Å²) >= 11 is 1.38. The molecule has 33 heavy (non-hydrogen) atoms. The van der Waals surface area contributed by atoms with Crippen molar-refractivity contribution in [1.29, 1.82) is 0 Å². The van der Waals surface area contributed by atoms with E-state index in [1.807, 2.05) is 41.5 Å². The van der Waals surface area contributed by atoms with Crippen molar-refractivity contribution in [3.63, 3.8) is 0 Å². The van der Waals surface area contributed by atoms with Crippen molar-refractivity contribution < 1.29 is 30.4 Å². The molecule has 0 bridgehead atoms. The minimum Gasteiger partial charge on any atom is -0.345 e. The smallest absolute Gasteiger partial charge is 0.249 e. The van der Waals surface area contributed by atoms with Crippen molar-refractivity contribution >= 4 is 26.5 Å². The molecule has 1 fully saturated rings. The molecule has 2 aromatic carbocycles. The van der Waals surface area contributed by atoms with Gasteiger partial charge in [-0.2, -0.15) is 4.31 Å². The quantitative estimate of drug-likeness (QED) is 0.297. The van der Waals surface area contributed by atoms with Crippen molar-refractivity contribution in [2.24, 2.45) is 0 Å². The van der Waals surface area contributed by atoms with Crippen LogP contribution in [0.2, 0.25) is 0 Å². The Labute approximate surface area is 191 Å². The van der Waals surface area contributed by atoms with E-state index in [2.05, 4.69) is 4.98 Å². The van der Waals surface area contributed by atoms with Gasteiger partial charge in [0, 0.05) is 38.0 Å². The zero-order valence-electron chi connectivity index (χ0n) is 17.3. The molecule has 12 heteroatoms. The van der Waals surface area contributed by atoms with Gasteiger partial charge in [0.15, 0.2) is 33.3 Å². The van der Waals surface area contributed by atoms with E-state index in [0.717, 1.165) is 16.8 Å². The predicted molar refractivity (Wildman–Crippen MR) is 113 cm³/mol. The zero-order valence-corrected chi connectivity index (χ0v) is 18.9. The Morgan fingerprint density at radius 3 is 2.00 bits per heavy atom. The number of benzene rings is 2. The molecule has 0 radical (unpaired) electrons. The summed E-state index contributed by atoms with van der Waals surface area (Å²) in [6.07, 6.45) is 0.630. The van der Waals surface area contributed by atoms with Gasteiger partial charge in [0.1, 0.15) is 0 Å². The maximum absolute atomic E-state index is 14.1. The lowest BCUT2D eigenvalue weighted by atomic mass is 10.1. The Bertz CT molecular complexity index is 1260. The van der Waals surface area contributed by atoms with Crippen LogP contribution in [0.4, 0.5) is 27.1 Å². The topological polar surface area (TPSA) is 53.5 Å². The van der Waals surface area contributed by atoms with Crippen LogP contribution in [-0.4, -0.2) is 43.9 Å². The van der Waals surface area contributed by atoms with E-state index in [1.165, 1.54) is 11.3 Å². The molecular formula is C21H18F5N3O2S2. The van der Waals surface area contributed by atoms with Gasteiger partial charge in [0.25, 0.3) is 0 Å². The average molecular weight is 504 g/mol. The van der Waals surface area contributed by atoms with Gasteiger partial charge in [0.2, 0.25) is 15.8 Å². The van der Waals surface area contributed by atoms with Crippen LogP contribution < -0.4 is 4.90 Å². The molecule has 0 amide bonds. The second-order valence-corrected chi connectivity index (χ2v) is 10.3. The number of hydrogen-bond acceptors (Lipinski definition) is 5. The molecular weight excluding hydrogens is 485 g/mol. The van der Waals surface area contributed by atoms with E-state index >= 15 is 0 Å². The molecule has 0 spiro atoms. The molecule has 0 unspecified atom stereocenters. The van der Waals surface area contributed by atoms with Gasteiger partial charge in [0.05, 0.1) is 5.69 Å². The van der Waals surface area contributed by atoms with Crippen LogP contribution in [0.5, 0.6) is 0 Å². The Hall–Kier alpha value is -2.57. The number of aromatic nitrogens is 1. The fourth-order valence-corrected chi connectivity index (χ4v) is 5.91. The summed E-state index contributed by atoms with van der Waals surface area (Å²) in [4.78, 5) is 4.56. The van der Waals surface area contributed by atoms with Crippen molar-refractivity contribution in [2.75, 3.05) is 31.1 Å². The molecule has 0 saturated carbocycles. The average Bonchev–Trinajstić information content (AvgIpc) is 3.26. The summed E-state index contributed by atoms with van der Waals surface area (Å²) in [7, 11) is -4.94. The van der Waals surface area contributed by atoms with E-state index in [0.29, 0.717) is 15.9 Å². The minimum absolute atomic E-state index is 0.145. The highest BCUT2D eigenvalue weighted by atomic mass is 32.2. The van der Waals surface area contributed by atoms with Crippen LogP contribution in [-0.2, 0) is 16.4 Å². The number of hydrogen-bond donors (Lipinski definition) is 0. The number of thiazole rings is 1. The molecule has 4 rings (SSSR count). The molecule has 2 heterocycles. The highest BCUT2D eigenvalue weighted by molar-refractivity contribution is 7.89. The number of anilines is 1. The first-order chi connectivity index (χ1) is 15.6. The maximum Gasteiger partial charge on any atom is 0.249 e. The van der Waals surface area contributed by atoms with Gasteiger partial charge >= 0.3 is 0 Å². The molecule has 0 aliphatic carbocycles. The Kier molecular flexibility index (Phi) is 6.43. The van der Waals surface area contributed by atoms with Crippen molar-refractivity contribution in [3.05, 3.63) is 75.6 Å². The van der Waals surface area contributed by atoms with E-state index < -0.39 is 44.0 Å². The van der Waals surface area contributed by atoms with Crippen LogP contribution in [0, 0.1) is 36.0 Å². The minimum atomic E-state index is -4.94. The van der Waals surface area contributed by atoms with Crippen LogP contribution in [0.15, 0.2) is 34.5 Å². The summed E-state index contributed by atoms with van der Waals surface area (Å²) in [5.74, 6) is -11.7. The Morgan fingerprint density at radius 1 is 0.879 bits per heavy atom. The largest absolute Gasteiger partial charge is 0.345 e. The van der Waals surface area contributed by atoms with E-state index in [-0.39, 0.29) is 26.2 Å². The zero-order chi connectivity index (χ0) is 23.9. The first-order valence-corrected chi connectivity index (χ1v) is 12.2. The first kappa shape index (κ1) is 23.6. The summed E-state index contributed by atoms with van der Waals surface area (Å²) in [6, 6.07) is 8.04. The lowest BCUT2D eigenvalue weighted by Crippen LogP contribution is -2.49. The summed E-state index contributed by atoms with van der Waals surface area (Å²) in [5.41, 5.74) is 3.09. The van der Waals surface area contributed by atoms with Gasteiger partial charge in [-0.1, -0.05) is 29.8 Å². The molecule has 1 aliphatic heterocycles. The van der Waals surface area contributed by atoms with Crippen LogP contribution in [0.25, 0.3) is 0 Å². The standard InChI is InChI=1S/C21H18F5N3O2S2/c1-12-2-4-13(5-3-12)10-14-11-32-21(27-14)28-6-8-29(9-7-28)33(30,31)20-18(25)16(23)15(22)17(24)19(20)26/h2-5,11H,6-10H2,1H3. The number of sulfonamides is 1. The lowest BCUT2D eigenvalue weighted by molar-refractivity contribution is 0.344. The Morgan fingerprint density at radius 2 is 1.42 bits per heavy atom. The summed E-state index contributed by atoms with van der Waals surface area (Å²) in [6.45, 7) is 1.89. The number of rotatable bonds is 5. The molecule has 1 aromatic heterocycles. The molecule has 176 valence electrons. The summed E-state index contributed by atoms with van der Waals surface area (Å²) in [5, 5.41) is 2.55. The van der Waals surface area contributed by atoms with Crippen LogP contribution >= 0.6 is 11.3 Å². The summed E-state index contributed by atoms with van der Waals surface area (Å²) < 4.78 is 94.5. The highest BCUT2D eigenvalue weighted by Crippen LogP contribution is 2.30. The van der Waals surface area contributed by atoms with E-state index in [4.69, 9.17) is 0 Å². The third-order valence-electron chi connectivity index (χ3n) is 5.32. The second-order valence-electron chi connectivity index (χ2n) is 7.57. The predicted octanol–water partition coefficient (Wildman–Crippen LogP) is 4.25. The third kappa shape index (κ3) is 4.46. The molecule has 1 aliphatic rings. The highest BCUT2D eigenvalue weighted by Gasteiger charge is 2.38. The fourth-order valence-electron chi connectivity index (χ4n) is 3.50. The molecule has 1 saturated heterocycles. The molecule has 5 nitrogen and oxygen atoms in total. The van der Waals surface area contributed by atoms with Crippen molar-refractivity contribution in [1.82, 2.24) is 9.29 Å². The molecule has 0 N–H and O–H groups in total. The third-order valence-corrected chi connectivity index (χ3v) is 8.19. The molecule has 0 atom stereocenters. The number of aryl methyl sites for hydroxylation is 1. The van der Waals surface area contributed by atoms with Gasteiger partial charge in [-0.05, 0) is 12.5 Å². The maximum atomic E-state index is 14.1. The van der Waals surface area contributed by atoms with Gasteiger partial charge in [-0.3, -0.25) is 0 Å². The van der Waals surface area contributed by atoms with Crippen LogP contribution in [0.1, 0.15) is 16.8 Å². The van der Waals surface area contributed by atoms with Crippen LogP contribution in [0.3, 0.4) is 0 Å². The van der Waals surface area contributed by atoms with E-state index in [1.54, 1.807) is 0 Å². The first-order valence-electron chi connectivity index (χ1n) is 9.86. The van der Waals surface area contributed by atoms with Gasteiger partial charge in [-0.15, -0.1) is 11.3 Å². The SMILES string of the molecule is Cc1ccc(Cc2csc(N3CCN(S(=O)(=O)c4c(F)c(F)c(F)c(F)c4F)CC3)n2)cc1. The Balaban J connectivity index is 1.47. The van der Waals surface area contributed by atoms with E-state index in [9.17, 15) is 30.4 Å².